The molecule has 82 valence electrons. The van der Waals surface area contributed by atoms with Gasteiger partial charge in [-0.1, -0.05) is 33.6 Å². The molecule has 0 fully saturated rings. The number of carboxylic acid groups (broad SMARTS) is 1. The first kappa shape index (κ1) is 12.5. The van der Waals surface area contributed by atoms with Crippen LogP contribution >= 0.6 is 27.5 Å². The molecule has 0 heterocycles. The zero-order chi connectivity index (χ0) is 11.4. The molecule has 1 aromatic rings. The van der Waals surface area contributed by atoms with E-state index in [1.807, 2.05) is 0 Å². The van der Waals surface area contributed by atoms with Crippen molar-refractivity contribution in [2.45, 2.75) is 12.3 Å². The van der Waals surface area contributed by atoms with E-state index in [1.165, 1.54) is 0 Å². The molecule has 1 rings (SSSR count). The average Bonchev–Trinajstić information content (AvgIpc) is 2.14. The lowest BCUT2D eigenvalue weighted by Crippen LogP contribution is -2.16. The number of hydrogen-bond donors (Lipinski definition) is 2. The zero-order valence-corrected chi connectivity index (χ0v) is 10.3. The van der Waals surface area contributed by atoms with E-state index in [0.29, 0.717) is 11.6 Å². The van der Waals surface area contributed by atoms with Crippen LogP contribution in [0.3, 0.4) is 0 Å². The van der Waals surface area contributed by atoms with Crippen LogP contribution in [0, 0.1) is 0 Å². The Morgan fingerprint density at radius 1 is 1.60 bits per heavy atom. The summed E-state index contributed by atoms with van der Waals surface area (Å²) in [5.74, 6) is -1.04. The first-order chi connectivity index (χ1) is 7.04. The molecule has 0 aliphatic carbocycles. The van der Waals surface area contributed by atoms with E-state index in [1.54, 1.807) is 18.2 Å². The fourth-order valence-electron chi connectivity index (χ4n) is 1.36. The van der Waals surface area contributed by atoms with Gasteiger partial charge in [0, 0.05) is 15.4 Å². The molecule has 0 saturated heterocycles. The first-order valence-corrected chi connectivity index (χ1v) is 5.58. The molecule has 0 aliphatic heterocycles. The van der Waals surface area contributed by atoms with Gasteiger partial charge in [0.05, 0.1) is 6.42 Å². The summed E-state index contributed by atoms with van der Waals surface area (Å²) in [6, 6.07) is 5.26. The van der Waals surface area contributed by atoms with Gasteiger partial charge in [-0.05, 0) is 24.2 Å². The molecule has 0 aliphatic rings. The van der Waals surface area contributed by atoms with Crippen molar-refractivity contribution in [3.8, 4) is 0 Å². The van der Waals surface area contributed by atoms with Crippen molar-refractivity contribution in [1.29, 1.82) is 0 Å². The van der Waals surface area contributed by atoms with E-state index in [2.05, 4.69) is 15.9 Å². The number of halogens is 2. The lowest BCUT2D eigenvalue weighted by atomic mass is 9.96. The minimum Gasteiger partial charge on any atom is -0.481 e. The van der Waals surface area contributed by atoms with Gasteiger partial charge < -0.3 is 10.8 Å². The lowest BCUT2D eigenvalue weighted by molar-refractivity contribution is -0.137. The Morgan fingerprint density at radius 2 is 2.27 bits per heavy atom. The summed E-state index contributed by atoms with van der Waals surface area (Å²) in [7, 11) is 0. The molecule has 0 spiro atoms. The Bertz CT molecular complexity index is 370. The molecule has 1 atom stereocenters. The van der Waals surface area contributed by atoms with Crippen LogP contribution in [0.5, 0.6) is 0 Å². The highest BCUT2D eigenvalue weighted by Crippen LogP contribution is 2.29. The van der Waals surface area contributed by atoms with Crippen molar-refractivity contribution in [3.63, 3.8) is 0 Å². The maximum Gasteiger partial charge on any atom is 0.304 e. The van der Waals surface area contributed by atoms with E-state index >= 15 is 0 Å². The smallest absolute Gasteiger partial charge is 0.304 e. The van der Waals surface area contributed by atoms with Crippen molar-refractivity contribution < 1.29 is 9.90 Å². The number of carbonyl (C=O) groups is 1. The summed E-state index contributed by atoms with van der Waals surface area (Å²) in [5, 5.41) is 9.33. The first-order valence-electron chi connectivity index (χ1n) is 4.41. The molecule has 5 heteroatoms. The standard InChI is InChI=1S/C10H11BrClNO2/c11-9-4-7(12)1-2-8(9)6(5-13)3-10(14)15/h1-2,4,6H,3,5,13H2,(H,14,15)/t6-/m0/s1. The van der Waals surface area contributed by atoms with Gasteiger partial charge >= 0.3 is 5.97 Å². The summed E-state index contributed by atoms with van der Waals surface area (Å²) < 4.78 is 0.798. The Balaban J connectivity index is 2.96. The number of rotatable bonds is 4. The topological polar surface area (TPSA) is 63.3 Å². The SMILES string of the molecule is NC[C@H](CC(=O)O)c1ccc(Cl)cc1Br. The van der Waals surface area contributed by atoms with Gasteiger partial charge in [-0.3, -0.25) is 4.79 Å². The van der Waals surface area contributed by atoms with Crippen molar-refractivity contribution in [3.05, 3.63) is 33.3 Å². The number of carboxylic acids is 1. The van der Waals surface area contributed by atoms with Crippen LogP contribution in [0.4, 0.5) is 0 Å². The molecule has 0 aromatic heterocycles. The third-order valence-corrected chi connectivity index (χ3v) is 3.03. The fraction of sp³-hybridized carbons (Fsp3) is 0.300. The molecule has 0 saturated carbocycles. The molecule has 0 bridgehead atoms. The minimum atomic E-state index is -0.854. The van der Waals surface area contributed by atoms with E-state index < -0.39 is 5.97 Å². The largest absolute Gasteiger partial charge is 0.481 e. The third-order valence-electron chi connectivity index (χ3n) is 2.11. The molecular formula is C10H11BrClNO2. The predicted molar refractivity (Wildman–Crippen MR) is 63.2 cm³/mol. The maximum absolute atomic E-state index is 10.6. The van der Waals surface area contributed by atoms with Crippen molar-refractivity contribution >= 4 is 33.5 Å². The van der Waals surface area contributed by atoms with Crippen molar-refractivity contribution in [1.82, 2.24) is 0 Å². The van der Waals surface area contributed by atoms with Crippen molar-refractivity contribution in [2.24, 2.45) is 5.73 Å². The maximum atomic E-state index is 10.6. The second-order valence-electron chi connectivity index (χ2n) is 3.20. The van der Waals surface area contributed by atoms with E-state index in [-0.39, 0.29) is 12.3 Å². The Morgan fingerprint density at radius 3 is 2.73 bits per heavy atom. The molecular weight excluding hydrogens is 281 g/mol. The zero-order valence-electron chi connectivity index (χ0n) is 7.91. The Hall–Kier alpha value is -0.580. The fourth-order valence-corrected chi connectivity index (χ4v) is 2.37. The van der Waals surface area contributed by atoms with Gasteiger partial charge in [0.1, 0.15) is 0 Å². The van der Waals surface area contributed by atoms with Gasteiger partial charge in [-0.15, -0.1) is 0 Å². The van der Waals surface area contributed by atoms with Gasteiger partial charge in [-0.2, -0.15) is 0 Å². The van der Waals surface area contributed by atoms with Crippen LogP contribution in [0.1, 0.15) is 17.9 Å². The van der Waals surface area contributed by atoms with E-state index in [9.17, 15) is 4.79 Å². The summed E-state index contributed by atoms with van der Waals surface area (Å²) in [4.78, 5) is 10.6. The number of benzene rings is 1. The molecule has 0 amide bonds. The second kappa shape index (κ2) is 5.49. The van der Waals surface area contributed by atoms with Crippen LogP contribution in [0.25, 0.3) is 0 Å². The molecule has 0 unspecified atom stereocenters. The van der Waals surface area contributed by atoms with Gasteiger partial charge in [0.15, 0.2) is 0 Å². The van der Waals surface area contributed by atoms with Gasteiger partial charge in [0.25, 0.3) is 0 Å². The summed E-state index contributed by atoms with van der Waals surface area (Å²) >= 11 is 9.14. The van der Waals surface area contributed by atoms with Crippen LogP contribution in [0.2, 0.25) is 5.02 Å². The van der Waals surface area contributed by atoms with Crippen molar-refractivity contribution in [2.75, 3.05) is 6.54 Å². The number of aliphatic carboxylic acids is 1. The minimum absolute atomic E-state index is 0.0245. The molecule has 1 aromatic carbocycles. The monoisotopic (exact) mass is 291 g/mol. The van der Waals surface area contributed by atoms with E-state index in [0.717, 1.165) is 10.0 Å². The third kappa shape index (κ3) is 3.48. The second-order valence-corrected chi connectivity index (χ2v) is 4.49. The highest BCUT2D eigenvalue weighted by Gasteiger charge is 2.16. The van der Waals surface area contributed by atoms with E-state index in [4.69, 9.17) is 22.4 Å². The number of nitrogens with two attached hydrogens (primary N) is 1. The summed E-state index contributed by atoms with van der Waals surface area (Å²) in [5.41, 5.74) is 6.42. The normalized spacial score (nSPS) is 12.5. The molecule has 3 N–H and O–H groups in total. The predicted octanol–water partition coefficient (Wildman–Crippen LogP) is 2.62. The quantitative estimate of drug-likeness (QED) is 0.896. The average molecular weight is 293 g/mol. The van der Waals surface area contributed by atoms with Crippen LogP contribution in [0.15, 0.2) is 22.7 Å². The van der Waals surface area contributed by atoms with Gasteiger partial charge in [-0.25, -0.2) is 0 Å². The highest BCUT2D eigenvalue weighted by atomic mass is 79.9. The Kier molecular flexibility index (Phi) is 4.57. The van der Waals surface area contributed by atoms with Crippen LogP contribution in [-0.4, -0.2) is 17.6 Å². The highest BCUT2D eigenvalue weighted by molar-refractivity contribution is 9.10. The summed E-state index contributed by atoms with van der Waals surface area (Å²) in [6.45, 7) is 0.298. The number of hydrogen-bond acceptors (Lipinski definition) is 2. The molecule has 15 heavy (non-hydrogen) atoms. The summed E-state index contributed by atoms with van der Waals surface area (Å²) in [6.07, 6.45) is 0.0245. The van der Waals surface area contributed by atoms with Crippen LogP contribution < -0.4 is 5.73 Å². The molecule has 0 radical (unpaired) electrons. The van der Waals surface area contributed by atoms with Gasteiger partial charge in [0.2, 0.25) is 0 Å². The lowest BCUT2D eigenvalue weighted by Gasteiger charge is -2.14. The Labute approximate surface area is 101 Å². The van der Waals surface area contributed by atoms with Crippen LogP contribution in [-0.2, 0) is 4.79 Å². The molecule has 3 nitrogen and oxygen atoms in total.